The monoisotopic (exact) mass is 286 g/mol. The van der Waals surface area contributed by atoms with Crippen molar-refractivity contribution >= 4 is 15.9 Å². The van der Waals surface area contributed by atoms with Crippen LogP contribution >= 0.6 is 0 Å². The van der Waals surface area contributed by atoms with Crippen molar-refractivity contribution in [1.29, 1.82) is 0 Å². The summed E-state index contributed by atoms with van der Waals surface area (Å²) in [7, 11) is -3.78. The van der Waals surface area contributed by atoms with Gasteiger partial charge in [0, 0.05) is 13.1 Å². The Hall–Kier alpha value is -1.47. The van der Waals surface area contributed by atoms with Crippen molar-refractivity contribution in [3.05, 3.63) is 30.1 Å². The van der Waals surface area contributed by atoms with E-state index in [0.29, 0.717) is 0 Å². The van der Waals surface area contributed by atoms with Crippen molar-refractivity contribution < 1.29 is 17.6 Å². The second kappa shape index (κ2) is 4.90. The molecular weight excluding hydrogens is 271 g/mol. The fraction of sp³-hybridized carbons (Fsp3) is 0.417. The number of halogens is 1. The van der Waals surface area contributed by atoms with E-state index in [-0.39, 0.29) is 23.9 Å². The molecule has 1 aliphatic heterocycles. The zero-order valence-corrected chi connectivity index (χ0v) is 11.2. The first-order valence-electron chi connectivity index (χ1n) is 5.87. The number of nitrogens with zero attached hydrogens (tertiary/aromatic N) is 1. The lowest BCUT2D eigenvalue weighted by Crippen LogP contribution is -2.32. The molecule has 0 aliphatic carbocycles. The van der Waals surface area contributed by atoms with Gasteiger partial charge < -0.3 is 5.73 Å². The molecule has 2 N–H and O–H groups in total. The van der Waals surface area contributed by atoms with Crippen molar-refractivity contribution in [2.45, 2.75) is 11.8 Å². The van der Waals surface area contributed by atoms with Crippen LogP contribution in [0.3, 0.4) is 0 Å². The highest BCUT2D eigenvalue weighted by molar-refractivity contribution is 7.89. The van der Waals surface area contributed by atoms with Crippen molar-refractivity contribution in [2.24, 2.45) is 17.6 Å². The van der Waals surface area contributed by atoms with Gasteiger partial charge in [-0.1, -0.05) is 13.0 Å². The summed E-state index contributed by atoms with van der Waals surface area (Å²) in [6, 6.07) is 4.82. The van der Waals surface area contributed by atoms with E-state index in [2.05, 4.69) is 0 Å². The van der Waals surface area contributed by atoms with Crippen LogP contribution in [0.4, 0.5) is 4.39 Å². The number of benzene rings is 1. The molecule has 0 spiro atoms. The van der Waals surface area contributed by atoms with Crippen LogP contribution < -0.4 is 5.73 Å². The zero-order chi connectivity index (χ0) is 14.2. The quantitative estimate of drug-likeness (QED) is 0.882. The Morgan fingerprint density at radius 1 is 1.42 bits per heavy atom. The normalized spacial score (nSPS) is 24.5. The van der Waals surface area contributed by atoms with Gasteiger partial charge in [0.1, 0.15) is 5.82 Å². The second-order valence-electron chi connectivity index (χ2n) is 4.77. The lowest BCUT2D eigenvalue weighted by molar-refractivity contribution is -0.122. The number of hydrogen-bond acceptors (Lipinski definition) is 3. The summed E-state index contributed by atoms with van der Waals surface area (Å²) < 4.78 is 38.9. The Morgan fingerprint density at radius 2 is 2.11 bits per heavy atom. The van der Waals surface area contributed by atoms with Crippen molar-refractivity contribution in [3.63, 3.8) is 0 Å². The first kappa shape index (κ1) is 14.0. The van der Waals surface area contributed by atoms with Crippen molar-refractivity contribution in [2.75, 3.05) is 13.1 Å². The standard InChI is InChI=1S/C12H15FN2O3S/c1-8-6-15(7-11(8)12(14)16)19(17,18)10-4-2-3-9(13)5-10/h2-5,8,11H,6-7H2,1H3,(H2,14,16)/t8-,11-/m1/s1. The summed E-state index contributed by atoms with van der Waals surface area (Å²) >= 11 is 0. The molecule has 104 valence electrons. The maximum atomic E-state index is 13.1. The molecule has 5 nitrogen and oxygen atoms in total. The van der Waals surface area contributed by atoms with Crippen LogP contribution in [-0.2, 0) is 14.8 Å². The highest BCUT2D eigenvalue weighted by atomic mass is 32.2. The Labute approximate surface area is 111 Å². The van der Waals surface area contributed by atoms with E-state index in [9.17, 15) is 17.6 Å². The Kier molecular flexibility index (Phi) is 3.60. The number of carbonyl (C=O) groups is 1. The summed E-state index contributed by atoms with van der Waals surface area (Å²) in [6.07, 6.45) is 0. The van der Waals surface area contributed by atoms with Gasteiger partial charge in [0.25, 0.3) is 0 Å². The third-order valence-electron chi connectivity index (χ3n) is 3.38. The number of nitrogens with two attached hydrogens (primary N) is 1. The van der Waals surface area contributed by atoms with Gasteiger partial charge in [0.2, 0.25) is 15.9 Å². The molecule has 2 atom stereocenters. The molecule has 1 aromatic carbocycles. The fourth-order valence-electron chi connectivity index (χ4n) is 2.27. The third-order valence-corrected chi connectivity index (χ3v) is 5.21. The van der Waals surface area contributed by atoms with Gasteiger partial charge in [0.05, 0.1) is 10.8 Å². The van der Waals surface area contributed by atoms with Gasteiger partial charge in [-0.15, -0.1) is 0 Å². The first-order chi connectivity index (χ1) is 8.82. The van der Waals surface area contributed by atoms with Crippen LogP contribution in [0.15, 0.2) is 29.2 Å². The molecule has 2 rings (SSSR count). The third kappa shape index (κ3) is 2.62. The fourth-order valence-corrected chi connectivity index (χ4v) is 3.86. The molecule has 1 fully saturated rings. The number of sulfonamides is 1. The highest BCUT2D eigenvalue weighted by Gasteiger charge is 2.39. The second-order valence-corrected chi connectivity index (χ2v) is 6.70. The average Bonchev–Trinajstić information content (AvgIpc) is 2.72. The number of primary amides is 1. The predicted molar refractivity (Wildman–Crippen MR) is 67.0 cm³/mol. The minimum absolute atomic E-state index is 0.0509. The Balaban J connectivity index is 2.30. The summed E-state index contributed by atoms with van der Waals surface area (Å²) in [4.78, 5) is 11.1. The molecule has 0 aromatic heterocycles. The zero-order valence-electron chi connectivity index (χ0n) is 10.4. The van der Waals surface area contributed by atoms with Crippen LogP contribution in [0.5, 0.6) is 0 Å². The summed E-state index contributed by atoms with van der Waals surface area (Å²) in [5.41, 5.74) is 5.24. The molecule has 1 saturated heterocycles. The molecule has 0 unspecified atom stereocenters. The van der Waals surface area contributed by atoms with Crippen LogP contribution in [0.2, 0.25) is 0 Å². The summed E-state index contributed by atoms with van der Waals surface area (Å²) in [5.74, 6) is -1.76. The number of amides is 1. The molecule has 0 saturated carbocycles. The van der Waals surface area contributed by atoms with Crippen LogP contribution in [0, 0.1) is 17.7 Å². The molecular formula is C12H15FN2O3S. The molecule has 0 radical (unpaired) electrons. The largest absolute Gasteiger partial charge is 0.369 e. The van der Waals surface area contributed by atoms with E-state index < -0.39 is 27.7 Å². The maximum Gasteiger partial charge on any atom is 0.243 e. The van der Waals surface area contributed by atoms with E-state index in [4.69, 9.17) is 5.73 Å². The Morgan fingerprint density at radius 3 is 2.63 bits per heavy atom. The molecule has 1 aromatic rings. The van der Waals surface area contributed by atoms with Crippen LogP contribution in [0.25, 0.3) is 0 Å². The van der Waals surface area contributed by atoms with Gasteiger partial charge in [-0.05, 0) is 24.1 Å². The smallest absolute Gasteiger partial charge is 0.243 e. The molecule has 1 heterocycles. The predicted octanol–water partition coefficient (Wildman–Crippen LogP) is 0.568. The lowest BCUT2D eigenvalue weighted by Gasteiger charge is -2.16. The average molecular weight is 286 g/mol. The van der Waals surface area contributed by atoms with Gasteiger partial charge in [-0.2, -0.15) is 4.31 Å². The SMILES string of the molecule is C[C@@H]1CN(S(=O)(=O)c2cccc(F)c2)C[C@H]1C(N)=O. The summed E-state index contributed by atoms with van der Waals surface area (Å²) in [6.45, 7) is 2.04. The lowest BCUT2D eigenvalue weighted by atomic mass is 9.98. The molecule has 0 bridgehead atoms. The van der Waals surface area contributed by atoms with Gasteiger partial charge >= 0.3 is 0 Å². The highest BCUT2D eigenvalue weighted by Crippen LogP contribution is 2.28. The topological polar surface area (TPSA) is 80.5 Å². The van der Waals surface area contributed by atoms with Crippen molar-refractivity contribution in [1.82, 2.24) is 4.31 Å². The molecule has 7 heteroatoms. The van der Waals surface area contributed by atoms with E-state index in [0.717, 1.165) is 6.07 Å². The molecule has 1 amide bonds. The van der Waals surface area contributed by atoms with E-state index in [1.807, 2.05) is 0 Å². The summed E-state index contributed by atoms with van der Waals surface area (Å²) in [5, 5.41) is 0. The Bertz CT molecular complexity index is 603. The minimum atomic E-state index is -3.78. The molecule has 19 heavy (non-hydrogen) atoms. The van der Waals surface area contributed by atoms with Crippen molar-refractivity contribution in [3.8, 4) is 0 Å². The number of carbonyl (C=O) groups excluding carboxylic acids is 1. The number of hydrogen-bond donors (Lipinski definition) is 1. The molecule has 1 aliphatic rings. The maximum absolute atomic E-state index is 13.1. The van der Waals surface area contributed by atoms with Gasteiger partial charge in [-0.25, -0.2) is 12.8 Å². The van der Waals surface area contributed by atoms with E-state index >= 15 is 0 Å². The number of rotatable bonds is 3. The minimum Gasteiger partial charge on any atom is -0.369 e. The van der Waals surface area contributed by atoms with Gasteiger partial charge in [-0.3, -0.25) is 4.79 Å². The van der Waals surface area contributed by atoms with Crippen LogP contribution in [-0.4, -0.2) is 31.7 Å². The van der Waals surface area contributed by atoms with E-state index in [1.165, 1.54) is 22.5 Å². The van der Waals surface area contributed by atoms with Crippen LogP contribution in [0.1, 0.15) is 6.92 Å². The van der Waals surface area contributed by atoms with Gasteiger partial charge in [0.15, 0.2) is 0 Å². The van der Waals surface area contributed by atoms with E-state index in [1.54, 1.807) is 6.92 Å². The first-order valence-corrected chi connectivity index (χ1v) is 7.31.